The summed E-state index contributed by atoms with van der Waals surface area (Å²) in [5.74, 6) is -1.16. The number of carbonyl (C=O) groups is 2. The molecule has 4 atom stereocenters. The molecule has 1 amide bonds. The van der Waals surface area contributed by atoms with Gasteiger partial charge in [-0.1, -0.05) is 44.5 Å². The molecular formula is C18H23NO3. The van der Waals surface area contributed by atoms with E-state index in [1.165, 1.54) is 11.1 Å². The van der Waals surface area contributed by atoms with Gasteiger partial charge in [0.1, 0.15) is 6.04 Å². The number of aryl methyl sites for hydroxylation is 1. The molecule has 1 aromatic carbocycles. The van der Waals surface area contributed by atoms with E-state index in [9.17, 15) is 14.7 Å². The Bertz CT molecular complexity index is 612. The maximum Gasteiger partial charge on any atom is 0.326 e. The monoisotopic (exact) mass is 301 g/mol. The molecule has 118 valence electrons. The number of carboxylic acids is 1. The molecule has 0 saturated heterocycles. The average Bonchev–Trinajstić information content (AvgIpc) is 3.13. The highest BCUT2D eigenvalue weighted by atomic mass is 16.4. The van der Waals surface area contributed by atoms with Gasteiger partial charge in [0.15, 0.2) is 0 Å². The minimum Gasteiger partial charge on any atom is -0.480 e. The summed E-state index contributed by atoms with van der Waals surface area (Å²) in [5.41, 5.74) is 2.61. The van der Waals surface area contributed by atoms with Gasteiger partial charge in [-0.2, -0.15) is 0 Å². The number of benzene rings is 1. The number of rotatable bonds is 5. The quantitative estimate of drug-likeness (QED) is 0.878. The van der Waals surface area contributed by atoms with Crippen molar-refractivity contribution < 1.29 is 14.7 Å². The Morgan fingerprint density at radius 2 is 2.14 bits per heavy atom. The molecule has 4 heteroatoms. The maximum absolute atomic E-state index is 12.5. The topological polar surface area (TPSA) is 66.4 Å². The molecule has 22 heavy (non-hydrogen) atoms. The minimum absolute atomic E-state index is 0.0286. The van der Waals surface area contributed by atoms with Crippen LogP contribution in [0.3, 0.4) is 0 Å². The second-order valence-electron chi connectivity index (χ2n) is 6.78. The van der Waals surface area contributed by atoms with E-state index in [-0.39, 0.29) is 23.2 Å². The molecule has 1 saturated carbocycles. The highest BCUT2D eigenvalue weighted by molar-refractivity contribution is 5.89. The fourth-order valence-electron chi connectivity index (χ4n) is 3.88. The third-order valence-corrected chi connectivity index (χ3v) is 5.56. The van der Waals surface area contributed by atoms with Crippen LogP contribution in [0.5, 0.6) is 0 Å². The van der Waals surface area contributed by atoms with Crippen LogP contribution in [0.25, 0.3) is 0 Å². The summed E-state index contributed by atoms with van der Waals surface area (Å²) in [6.07, 6.45) is 3.61. The van der Waals surface area contributed by atoms with Crippen molar-refractivity contribution in [1.82, 2.24) is 5.32 Å². The number of carbonyl (C=O) groups excluding carboxylic acids is 1. The fourth-order valence-corrected chi connectivity index (χ4v) is 3.88. The standard InChI is InChI=1S/C18H23NO3/c1-3-11(2)15(17(21)22)19-16(20)14-10-18(14)9-8-12-6-4-5-7-13(12)18/h4-7,11,14-15H,3,8-10H2,1-2H3,(H,19,20)(H,21,22). The zero-order valence-corrected chi connectivity index (χ0v) is 13.1. The summed E-state index contributed by atoms with van der Waals surface area (Å²) in [6.45, 7) is 3.81. The van der Waals surface area contributed by atoms with Gasteiger partial charge in [-0.05, 0) is 36.3 Å². The molecule has 2 aliphatic carbocycles. The average molecular weight is 301 g/mol. The van der Waals surface area contributed by atoms with Crippen LogP contribution in [-0.4, -0.2) is 23.0 Å². The Balaban J connectivity index is 1.72. The van der Waals surface area contributed by atoms with Gasteiger partial charge in [0.05, 0.1) is 0 Å². The lowest BCUT2D eigenvalue weighted by molar-refractivity contribution is -0.143. The van der Waals surface area contributed by atoms with E-state index in [0.717, 1.165) is 25.7 Å². The zero-order valence-electron chi connectivity index (χ0n) is 13.1. The number of carboxylic acid groups (broad SMARTS) is 1. The molecule has 3 rings (SSSR count). The first-order valence-corrected chi connectivity index (χ1v) is 8.11. The molecule has 0 aliphatic heterocycles. The number of aliphatic carboxylic acids is 1. The first-order valence-electron chi connectivity index (χ1n) is 8.11. The summed E-state index contributed by atoms with van der Waals surface area (Å²) < 4.78 is 0. The van der Waals surface area contributed by atoms with Crippen LogP contribution in [0.15, 0.2) is 24.3 Å². The Morgan fingerprint density at radius 3 is 2.82 bits per heavy atom. The number of nitrogens with one attached hydrogen (secondary N) is 1. The minimum atomic E-state index is -0.941. The van der Waals surface area contributed by atoms with Crippen LogP contribution in [0, 0.1) is 11.8 Å². The highest BCUT2D eigenvalue weighted by Gasteiger charge is 2.61. The van der Waals surface area contributed by atoms with Crippen molar-refractivity contribution in [3.8, 4) is 0 Å². The van der Waals surface area contributed by atoms with Gasteiger partial charge in [-0.25, -0.2) is 4.79 Å². The Labute approximate surface area is 130 Å². The first kappa shape index (κ1) is 15.1. The van der Waals surface area contributed by atoms with E-state index in [1.54, 1.807) is 0 Å². The Morgan fingerprint density at radius 1 is 1.41 bits per heavy atom. The molecule has 0 aromatic heterocycles. The van der Waals surface area contributed by atoms with E-state index in [0.29, 0.717) is 0 Å². The molecular weight excluding hydrogens is 278 g/mol. The number of amides is 1. The molecule has 0 heterocycles. The molecule has 1 spiro atoms. The van der Waals surface area contributed by atoms with Crippen molar-refractivity contribution in [2.24, 2.45) is 11.8 Å². The van der Waals surface area contributed by atoms with Crippen molar-refractivity contribution in [2.75, 3.05) is 0 Å². The fraction of sp³-hybridized carbons (Fsp3) is 0.556. The first-order chi connectivity index (χ1) is 10.5. The number of fused-ring (bicyclic) bond motifs is 2. The maximum atomic E-state index is 12.5. The van der Waals surface area contributed by atoms with Crippen LogP contribution < -0.4 is 5.32 Å². The van der Waals surface area contributed by atoms with Gasteiger partial charge in [0.2, 0.25) is 5.91 Å². The third kappa shape index (κ3) is 2.31. The summed E-state index contributed by atoms with van der Waals surface area (Å²) in [5, 5.41) is 12.1. The lowest BCUT2D eigenvalue weighted by Gasteiger charge is -2.21. The SMILES string of the molecule is CCC(C)C(NC(=O)C1CC12CCc1ccccc12)C(=O)O. The van der Waals surface area contributed by atoms with Crippen molar-refractivity contribution in [1.29, 1.82) is 0 Å². The van der Waals surface area contributed by atoms with Gasteiger partial charge < -0.3 is 10.4 Å². The smallest absolute Gasteiger partial charge is 0.326 e. The second-order valence-corrected chi connectivity index (χ2v) is 6.78. The molecule has 4 nitrogen and oxygen atoms in total. The predicted molar refractivity (Wildman–Crippen MR) is 83.6 cm³/mol. The summed E-state index contributed by atoms with van der Waals surface area (Å²) >= 11 is 0. The van der Waals surface area contributed by atoms with Crippen molar-refractivity contribution >= 4 is 11.9 Å². The van der Waals surface area contributed by atoms with Crippen molar-refractivity contribution in [2.45, 2.75) is 51.0 Å². The second kappa shape index (κ2) is 5.41. The normalized spacial score (nSPS) is 28.0. The lowest BCUT2D eigenvalue weighted by atomic mass is 9.94. The van der Waals surface area contributed by atoms with Crippen LogP contribution in [0.1, 0.15) is 44.2 Å². The molecule has 1 fully saturated rings. The highest BCUT2D eigenvalue weighted by Crippen LogP contribution is 2.61. The van der Waals surface area contributed by atoms with E-state index in [1.807, 2.05) is 26.0 Å². The predicted octanol–water partition coefficient (Wildman–Crippen LogP) is 2.51. The summed E-state index contributed by atoms with van der Waals surface area (Å²) in [7, 11) is 0. The molecule has 2 N–H and O–H groups in total. The molecule has 4 unspecified atom stereocenters. The van der Waals surface area contributed by atoms with E-state index in [4.69, 9.17) is 0 Å². The van der Waals surface area contributed by atoms with Gasteiger partial charge in [0, 0.05) is 11.3 Å². The van der Waals surface area contributed by atoms with Gasteiger partial charge in [0.25, 0.3) is 0 Å². The zero-order chi connectivity index (χ0) is 15.9. The van der Waals surface area contributed by atoms with E-state index < -0.39 is 12.0 Å². The van der Waals surface area contributed by atoms with Crippen LogP contribution in [-0.2, 0) is 21.4 Å². The van der Waals surface area contributed by atoms with Crippen molar-refractivity contribution in [3.05, 3.63) is 35.4 Å². The molecule has 1 aromatic rings. The number of hydrogen-bond acceptors (Lipinski definition) is 2. The summed E-state index contributed by atoms with van der Waals surface area (Å²) in [6, 6.07) is 7.54. The van der Waals surface area contributed by atoms with Crippen LogP contribution in [0.2, 0.25) is 0 Å². The van der Waals surface area contributed by atoms with E-state index >= 15 is 0 Å². The van der Waals surface area contributed by atoms with Gasteiger partial charge in [-0.3, -0.25) is 4.79 Å². The lowest BCUT2D eigenvalue weighted by Crippen LogP contribution is -2.46. The summed E-state index contributed by atoms with van der Waals surface area (Å²) in [4.78, 5) is 23.9. The van der Waals surface area contributed by atoms with Gasteiger partial charge in [-0.15, -0.1) is 0 Å². The van der Waals surface area contributed by atoms with Crippen LogP contribution >= 0.6 is 0 Å². The van der Waals surface area contributed by atoms with E-state index in [2.05, 4.69) is 17.4 Å². The van der Waals surface area contributed by atoms with Crippen LogP contribution in [0.4, 0.5) is 0 Å². The Hall–Kier alpha value is -1.84. The molecule has 0 bridgehead atoms. The molecule has 2 aliphatic rings. The van der Waals surface area contributed by atoms with Crippen molar-refractivity contribution in [3.63, 3.8) is 0 Å². The molecule has 0 radical (unpaired) electrons. The Kier molecular flexibility index (Phi) is 3.71. The number of hydrogen-bond donors (Lipinski definition) is 2. The van der Waals surface area contributed by atoms with Gasteiger partial charge >= 0.3 is 5.97 Å². The largest absolute Gasteiger partial charge is 0.480 e. The third-order valence-electron chi connectivity index (χ3n) is 5.56.